The first-order valence-corrected chi connectivity index (χ1v) is 10.7. The Morgan fingerprint density at radius 1 is 1.03 bits per heavy atom. The number of ether oxygens (including phenoxy) is 1. The molecule has 1 amide bonds. The number of pyridine rings is 1. The first-order chi connectivity index (χ1) is 15.1. The average molecular weight is 419 g/mol. The molecule has 1 aliphatic rings. The molecule has 0 unspecified atom stereocenters. The van der Waals surface area contributed by atoms with Crippen LogP contribution < -0.4 is 4.74 Å². The first kappa shape index (κ1) is 21.0. The predicted octanol–water partition coefficient (Wildman–Crippen LogP) is 4.77. The number of nitrogens with zero attached hydrogens (tertiary/aromatic N) is 2. The summed E-state index contributed by atoms with van der Waals surface area (Å²) >= 11 is 0. The summed E-state index contributed by atoms with van der Waals surface area (Å²) < 4.78 is 18.6. The molecule has 0 saturated carbocycles. The summed E-state index contributed by atoms with van der Waals surface area (Å²) in [6, 6.07) is 20.4. The van der Waals surface area contributed by atoms with Gasteiger partial charge in [0, 0.05) is 36.8 Å². The second kappa shape index (κ2) is 9.73. The number of carbonyl (C=O) groups excluding carboxylic acids is 1. The smallest absolute Gasteiger partial charge is 0.226 e. The molecule has 0 atom stereocenters. The van der Waals surface area contributed by atoms with Crippen molar-refractivity contribution >= 4 is 5.91 Å². The molecule has 3 aromatic rings. The molecule has 2 heterocycles. The Morgan fingerprint density at radius 3 is 2.48 bits per heavy atom. The molecule has 2 aromatic carbocycles. The van der Waals surface area contributed by atoms with Gasteiger partial charge in [0.25, 0.3) is 0 Å². The van der Waals surface area contributed by atoms with Gasteiger partial charge in [-0.1, -0.05) is 30.3 Å². The van der Waals surface area contributed by atoms with E-state index >= 15 is 0 Å². The number of carbonyl (C=O) groups is 1. The van der Waals surface area contributed by atoms with Gasteiger partial charge >= 0.3 is 0 Å². The molecule has 0 aliphatic carbocycles. The highest BCUT2D eigenvalue weighted by Crippen LogP contribution is 2.27. The monoisotopic (exact) mass is 418 g/mol. The van der Waals surface area contributed by atoms with Crippen molar-refractivity contribution in [1.82, 2.24) is 9.88 Å². The van der Waals surface area contributed by atoms with Gasteiger partial charge in [-0.05, 0) is 60.4 Å². The van der Waals surface area contributed by atoms with Crippen LogP contribution in [-0.2, 0) is 17.6 Å². The molecule has 4 rings (SSSR count). The predicted molar refractivity (Wildman–Crippen MR) is 119 cm³/mol. The highest BCUT2D eigenvalue weighted by atomic mass is 19.1. The van der Waals surface area contributed by atoms with E-state index in [0.717, 1.165) is 54.2 Å². The van der Waals surface area contributed by atoms with Crippen LogP contribution in [0.1, 0.15) is 41.3 Å². The number of halogens is 1. The highest BCUT2D eigenvalue weighted by Gasteiger charge is 2.24. The van der Waals surface area contributed by atoms with Gasteiger partial charge in [0.05, 0.1) is 13.5 Å². The second-order valence-corrected chi connectivity index (χ2v) is 8.04. The molecule has 4 nitrogen and oxygen atoms in total. The van der Waals surface area contributed by atoms with Gasteiger partial charge in [0.1, 0.15) is 11.6 Å². The molecular formula is C26H27FN2O2. The summed E-state index contributed by atoms with van der Waals surface area (Å²) in [7, 11) is 1.64. The van der Waals surface area contributed by atoms with Crippen molar-refractivity contribution in [3.05, 3.63) is 95.1 Å². The van der Waals surface area contributed by atoms with Gasteiger partial charge in [0.2, 0.25) is 5.91 Å². The maximum Gasteiger partial charge on any atom is 0.226 e. The number of aromatic nitrogens is 1. The van der Waals surface area contributed by atoms with Crippen molar-refractivity contribution in [2.45, 2.75) is 31.6 Å². The van der Waals surface area contributed by atoms with Gasteiger partial charge in [-0.2, -0.15) is 0 Å². The summed E-state index contributed by atoms with van der Waals surface area (Å²) in [5, 5.41) is 0. The third-order valence-corrected chi connectivity index (χ3v) is 5.88. The van der Waals surface area contributed by atoms with E-state index in [1.807, 2.05) is 47.4 Å². The fraction of sp³-hybridized carbons (Fsp3) is 0.308. The summed E-state index contributed by atoms with van der Waals surface area (Å²) in [6.45, 7) is 1.49. The zero-order chi connectivity index (χ0) is 21.6. The van der Waals surface area contributed by atoms with E-state index in [9.17, 15) is 9.18 Å². The minimum Gasteiger partial charge on any atom is -0.497 e. The molecule has 1 aliphatic heterocycles. The number of amides is 1. The molecular weight excluding hydrogens is 391 g/mol. The minimum absolute atomic E-state index is 0.163. The van der Waals surface area contributed by atoms with Gasteiger partial charge in [-0.15, -0.1) is 0 Å². The van der Waals surface area contributed by atoms with Crippen LogP contribution in [0, 0.1) is 5.82 Å². The number of likely N-dealkylation sites (tertiary alicyclic amines) is 1. The normalized spacial score (nSPS) is 14.5. The zero-order valence-electron chi connectivity index (χ0n) is 17.8. The lowest BCUT2D eigenvalue weighted by Gasteiger charge is -2.32. The highest BCUT2D eigenvalue weighted by molar-refractivity contribution is 5.79. The van der Waals surface area contributed by atoms with Gasteiger partial charge < -0.3 is 9.64 Å². The van der Waals surface area contributed by atoms with Crippen molar-refractivity contribution in [2.24, 2.45) is 0 Å². The second-order valence-electron chi connectivity index (χ2n) is 8.04. The number of methoxy groups -OCH3 is 1. The lowest BCUT2D eigenvalue weighted by Crippen LogP contribution is -2.38. The van der Waals surface area contributed by atoms with Gasteiger partial charge in [0.15, 0.2) is 0 Å². The SMILES string of the molecule is COc1ccc(CC(=O)N2CCC(c3cccc(Cc4cccc(F)c4)n3)CC2)cc1. The van der Waals surface area contributed by atoms with E-state index < -0.39 is 0 Å². The Labute approximate surface area is 182 Å². The van der Waals surface area contributed by atoms with E-state index in [4.69, 9.17) is 9.72 Å². The Hall–Kier alpha value is -3.21. The topological polar surface area (TPSA) is 42.4 Å². The van der Waals surface area contributed by atoms with Crippen LogP contribution in [-0.4, -0.2) is 36.0 Å². The molecule has 1 fully saturated rings. The molecule has 31 heavy (non-hydrogen) atoms. The third-order valence-electron chi connectivity index (χ3n) is 5.88. The van der Waals surface area contributed by atoms with Crippen LogP contribution in [0.2, 0.25) is 0 Å². The summed E-state index contributed by atoms with van der Waals surface area (Å²) in [4.78, 5) is 19.5. The number of hydrogen-bond acceptors (Lipinski definition) is 3. The number of rotatable bonds is 6. The van der Waals surface area contributed by atoms with Crippen LogP contribution in [0.3, 0.4) is 0 Å². The lowest BCUT2D eigenvalue weighted by molar-refractivity contribution is -0.131. The summed E-state index contributed by atoms with van der Waals surface area (Å²) in [5.41, 5.74) is 3.93. The van der Waals surface area contributed by atoms with Crippen LogP contribution in [0.4, 0.5) is 4.39 Å². The van der Waals surface area contributed by atoms with Crippen LogP contribution >= 0.6 is 0 Å². The number of hydrogen-bond donors (Lipinski definition) is 0. The van der Waals surface area contributed by atoms with Crippen molar-refractivity contribution in [3.63, 3.8) is 0 Å². The molecule has 1 aromatic heterocycles. The maximum atomic E-state index is 13.5. The van der Waals surface area contributed by atoms with Crippen molar-refractivity contribution < 1.29 is 13.9 Å². The number of benzene rings is 2. The Balaban J connectivity index is 1.33. The lowest BCUT2D eigenvalue weighted by atomic mass is 9.92. The van der Waals surface area contributed by atoms with E-state index in [1.165, 1.54) is 6.07 Å². The van der Waals surface area contributed by atoms with E-state index in [-0.39, 0.29) is 11.7 Å². The van der Waals surface area contributed by atoms with E-state index in [2.05, 4.69) is 6.07 Å². The van der Waals surface area contributed by atoms with Crippen molar-refractivity contribution in [1.29, 1.82) is 0 Å². The average Bonchev–Trinajstić information content (AvgIpc) is 2.80. The van der Waals surface area contributed by atoms with Crippen LogP contribution in [0.15, 0.2) is 66.7 Å². The van der Waals surface area contributed by atoms with Crippen molar-refractivity contribution in [3.8, 4) is 5.75 Å². The van der Waals surface area contributed by atoms with E-state index in [1.54, 1.807) is 19.2 Å². The largest absolute Gasteiger partial charge is 0.497 e. The molecule has 160 valence electrons. The first-order valence-electron chi connectivity index (χ1n) is 10.7. The Kier molecular flexibility index (Phi) is 6.60. The van der Waals surface area contributed by atoms with Crippen LogP contribution in [0.5, 0.6) is 5.75 Å². The summed E-state index contributed by atoms with van der Waals surface area (Å²) in [6.07, 6.45) is 2.84. The Morgan fingerprint density at radius 2 is 1.77 bits per heavy atom. The molecule has 5 heteroatoms. The number of piperidine rings is 1. The summed E-state index contributed by atoms with van der Waals surface area (Å²) in [5.74, 6) is 1.08. The Bertz CT molecular complexity index is 1030. The molecule has 0 N–H and O–H groups in total. The molecule has 0 bridgehead atoms. The van der Waals surface area contributed by atoms with E-state index in [0.29, 0.717) is 18.8 Å². The molecule has 1 saturated heterocycles. The quantitative estimate of drug-likeness (QED) is 0.579. The minimum atomic E-state index is -0.222. The van der Waals surface area contributed by atoms with Crippen LogP contribution in [0.25, 0.3) is 0 Å². The fourth-order valence-corrected chi connectivity index (χ4v) is 4.13. The standard InChI is InChI=1S/C26H27FN2O2/c1-31-24-10-8-19(9-11-24)18-26(30)29-14-12-21(13-15-29)25-7-3-6-23(28-25)17-20-4-2-5-22(27)16-20/h2-11,16,21H,12-15,17-18H2,1H3. The zero-order valence-corrected chi connectivity index (χ0v) is 17.8. The van der Waals surface area contributed by atoms with Crippen molar-refractivity contribution in [2.75, 3.05) is 20.2 Å². The molecule has 0 spiro atoms. The van der Waals surface area contributed by atoms with Gasteiger partial charge in [-0.3, -0.25) is 9.78 Å². The maximum absolute atomic E-state index is 13.5. The fourth-order valence-electron chi connectivity index (χ4n) is 4.13. The van der Waals surface area contributed by atoms with Gasteiger partial charge in [-0.25, -0.2) is 4.39 Å². The molecule has 0 radical (unpaired) electrons. The third kappa shape index (κ3) is 5.48.